The number of carbonyl (C=O) groups excluding carboxylic acids is 1. The van der Waals surface area contributed by atoms with E-state index in [0.29, 0.717) is 30.3 Å². The zero-order valence-corrected chi connectivity index (χ0v) is 18.6. The molecular formula is C24H24N2O5S. The molecule has 32 heavy (non-hydrogen) atoms. The van der Waals surface area contributed by atoms with Crippen LogP contribution in [0.2, 0.25) is 0 Å². The Balaban J connectivity index is 1.45. The van der Waals surface area contributed by atoms with Gasteiger partial charge in [0.2, 0.25) is 0 Å². The molecule has 0 unspecified atom stereocenters. The van der Waals surface area contributed by atoms with Gasteiger partial charge in [-0.15, -0.1) is 0 Å². The fourth-order valence-corrected chi connectivity index (χ4v) is 4.50. The van der Waals surface area contributed by atoms with Crippen molar-refractivity contribution in [2.45, 2.75) is 17.9 Å². The molecule has 166 valence electrons. The van der Waals surface area contributed by atoms with E-state index < -0.39 is 10.0 Å². The molecule has 1 heterocycles. The lowest BCUT2D eigenvalue weighted by Gasteiger charge is -2.29. The molecule has 0 bridgehead atoms. The Labute approximate surface area is 187 Å². The summed E-state index contributed by atoms with van der Waals surface area (Å²) in [6, 6.07) is 20.4. The smallest absolute Gasteiger partial charge is 0.261 e. The van der Waals surface area contributed by atoms with Crippen molar-refractivity contribution >= 4 is 21.6 Å². The molecule has 0 radical (unpaired) electrons. The molecule has 3 aromatic rings. The maximum Gasteiger partial charge on any atom is 0.261 e. The van der Waals surface area contributed by atoms with E-state index in [1.807, 2.05) is 43.3 Å². The number of sulfonamides is 1. The second-order valence-corrected chi connectivity index (χ2v) is 9.37. The van der Waals surface area contributed by atoms with E-state index in [-0.39, 0.29) is 22.5 Å². The Hall–Kier alpha value is -3.52. The Morgan fingerprint density at radius 3 is 2.50 bits per heavy atom. The highest BCUT2D eigenvalue weighted by molar-refractivity contribution is 7.92. The SMILES string of the molecule is Cc1ccc(NS(=O)(=O)c2cccc(C(=O)N(C)C[C@H]3COc4ccccc4O3)c2)cc1. The van der Waals surface area contributed by atoms with Crippen LogP contribution in [0.15, 0.2) is 77.7 Å². The van der Waals surface area contributed by atoms with Gasteiger partial charge in [-0.05, 0) is 49.4 Å². The molecule has 1 amide bonds. The molecule has 1 aliphatic heterocycles. The van der Waals surface area contributed by atoms with Crippen molar-refractivity contribution in [3.05, 3.63) is 83.9 Å². The van der Waals surface area contributed by atoms with Crippen molar-refractivity contribution in [1.82, 2.24) is 4.90 Å². The number of para-hydroxylation sites is 2. The molecule has 1 atom stereocenters. The molecule has 0 fully saturated rings. The lowest BCUT2D eigenvalue weighted by atomic mass is 10.2. The second-order valence-electron chi connectivity index (χ2n) is 7.68. The van der Waals surface area contributed by atoms with Gasteiger partial charge in [-0.25, -0.2) is 8.42 Å². The first-order valence-electron chi connectivity index (χ1n) is 10.2. The molecule has 0 aliphatic carbocycles. The zero-order valence-electron chi connectivity index (χ0n) is 17.8. The first-order valence-corrected chi connectivity index (χ1v) is 11.6. The number of amides is 1. The van der Waals surface area contributed by atoms with E-state index in [1.54, 1.807) is 31.3 Å². The van der Waals surface area contributed by atoms with E-state index in [0.717, 1.165) is 5.56 Å². The van der Waals surface area contributed by atoms with E-state index >= 15 is 0 Å². The number of aryl methyl sites for hydroxylation is 1. The van der Waals surface area contributed by atoms with Gasteiger partial charge < -0.3 is 14.4 Å². The van der Waals surface area contributed by atoms with Crippen LogP contribution < -0.4 is 14.2 Å². The molecular weight excluding hydrogens is 428 g/mol. The third kappa shape index (κ3) is 4.86. The van der Waals surface area contributed by atoms with Gasteiger partial charge in [0.15, 0.2) is 17.6 Å². The highest BCUT2D eigenvalue weighted by Crippen LogP contribution is 2.31. The fraction of sp³-hybridized carbons (Fsp3) is 0.208. The zero-order chi connectivity index (χ0) is 22.7. The number of hydrogen-bond acceptors (Lipinski definition) is 5. The number of ether oxygens (including phenoxy) is 2. The van der Waals surface area contributed by atoms with Crippen molar-refractivity contribution in [2.75, 3.05) is 24.9 Å². The van der Waals surface area contributed by atoms with E-state index in [9.17, 15) is 13.2 Å². The average Bonchev–Trinajstić information content (AvgIpc) is 2.80. The highest BCUT2D eigenvalue weighted by Gasteiger charge is 2.25. The molecule has 0 aromatic heterocycles. The summed E-state index contributed by atoms with van der Waals surface area (Å²) in [6.07, 6.45) is -0.325. The van der Waals surface area contributed by atoms with Gasteiger partial charge >= 0.3 is 0 Å². The summed E-state index contributed by atoms with van der Waals surface area (Å²) in [5.74, 6) is 1.01. The number of carbonyl (C=O) groups is 1. The van der Waals surface area contributed by atoms with Crippen LogP contribution in [0, 0.1) is 6.92 Å². The molecule has 7 nitrogen and oxygen atoms in total. The molecule has 4 rings (SSSR count). The summed E-state index contributed by atoms with van der Waals surface area (Å²) in [5, 5.41) is 0. The van der Waals surface area contributed by atoms with Gasteiger partial charge in [0.05, 0.1) is 11.4 Å². The van der Waals surface area contributed by atoms with Crippen LogP contribution >= 0.6 is 0 Å². The van der Waals surface area contributed by atoms with Gasteiger partial charge in [0.25, 0.3) is 15.9 Å². The first-order chi connectivity index (χ1) is 15.3. The summed E-state index contributed by atoms with van der Waals surface area (Å²) in [7, 11) is -2.18. The minimum atomic E-state index is -3.83. The number of likely N-dealkylation sites (N-methyl/N-ethyl adjacent to an activating group) is 1. The van der Waals surface area contributed by atoms with Gasteiger partial charge in [-0.1, -0.05) is 35.9 Å². The maximum absolute atomic E-state index is 13.0. The molecule has 0 spiro atoms. The van der Waals surface area contributed by atoms with Crippen LogP contribution in [-0.2, 0) is 10.0 Å². The van der Waals surface area contributed by atoms with E-state index in [4.69, 9.17) is 9.47 Å². The predicted molar refractivity (Wildman–Crippen MR) is 122 cm³/mol. The van der Waals surface area contributed by atoms with Crippen LogP contribution in [-0.4, -0.2) is 45.5 Å². The minimum absolute atomic E-state index is 0.0171. The summed E-state index contributed by atoms with van der Waals surface area (Å²) >= 11 is 0. The molecule has 3 aromatic carbocycles. The number of rotatable bonds is 6. The summed E-state index contributed by atoms with van der Waals surface area (Å²) < 4.78 is 39.7. The number of benzene rings is 3. The number of fused-ring (bicyclic) bond motifs is 1. The highest BCUT2D eigenvalue weighted by atomic mass is 32.2. The summed E-state index contributed by atoms with van der Waals surface area (Å²) in [5.41, 5.74) is 1.76. The standard InChI is InChI=1S/C24H24N2O5S/c1-17-10-12-19(13-11-17)25-32(28,29)21-7-5-6-18(14-21)24(27)26(2)15-20-16-30-22-8-3-4-9-23(22)31-20/h3-14,20,25H,15-16H2,1-2H3/t20-/m0/s1. The third-order valence-corrected chi connectivity index (χ3v) is 6.47. The van der Waals surface area contributed by atoms with Crippen molar-refractivity contribution in [2.24, 2.45) is 0 Å². The Morgan fingerprint density at radius 2 is 1.75 bits per heavy atom. The van der Waals surface area contributed by atoms with Gasteiger partial charge in [-0.3, -0.25) is 9.52 Å². The van der Waals surface area contributed by atoms with Crippen LogP contribution in [0.5, 0.6) is 11.5 Å². The van der Waals surface area contributed by atoms with Gasteiger partial charge in [0, 0.05) is 18.3 Å². The predicted octanol–water partition coefficient (Wildman–Crippen LogP) is 3.71. The average molecular weight is 453 g/mol. The molecule has 0 saturated heterocycles. The maximum atomic E-state index is 13.0. The molecule has 8 heteroatoms. The largest absolute Gasteiger partial charge is 0.486 e. The van der Waals surface area contributed by atoms with Crippen molar-refractivity contribution in [3.63, 3.8) is 0 Å². The fourth-order valence-electron chi connectivity index (χ4n) is 3.39. The monoisotopic (exact) mass is 452 g/mol. The molecule has 0 saturated carbocycles. The quantitative estimate of drug-likeness (QED) is 0.616. The van der Waals surface area contributed by atoms with E-state index in [2.05, 4.69) is 4.72 Å². The Morgan fingerprint density at radius 1 is 1.03 bits per heavy atom. The van der Waals surface area contributed by atoms with Crippen molar-refractivity contribution in [3.8, 4) is 11.5 Å². The Kier molecular flexibility index (Phi) is 6.05. The summed E-state index contributed by atoms with van der Waals surface area (Å²) in [6.45, 7) is 2.54. The number of anilines is 1. The van der Waals surface area contributed by atoms with Crippen LogP contribution in [0.25, 0.3) is 0 Å². The van der Waals surface area contributed by atoms with Crippen LogP contribution in [0.1, 0.15) is 15.9 Å². The number of hydrogen-bond donors (Lipinski definition) is 1. The molecule has 1 N–H and O–H groups in total. The number of nitrogens with zero attached hydrogens (tertiary/aromatic N) is 1. The van der Waals surface area contributed by atoms with E-state index in [1.165, 1.54) is 17.0 Å². The second kappa shape index (κ2) is 8.92. The van der Waals surface area contributed by atoms with Gasteiger partial charge in [0.1, 0.15) is 6.61 Å². The first kappa shape index (κ1) is 21.7. The lowest BCUT2D eigenvalue weighted by Crippen LogP contribution is -2.41. The van der Waals surface area contributed by atoms with Crippen LogP contribution in [0.3, 0.4) is 0 Å². The van der Waals surface area contributed by atoms with Crippen molar-refractivity contribution < 1.29 is 22.7 Å². The van der Waals surface area contributed by atoms with Crippen LogP contribution in [0.4, 0.5) is 5.69 Å². The minimum Gasteiger partial charge on any atom is -0.486 e. The summed E-state index contributed by atoms with van der Waals surface area (Å²) in [4.78, 5) is 14.5. The normalized spacial score (nSPS) is 15.1. The topological polar surface area (TPSA) is 84.9 Å². The Bertz CT molecular complexity index is 1230. The van der Waals surface area contributed by atoms with Crippen molar-refractivity contribution in [1.29, 1.82) is 0 Å². The lowest BCUT2D eigenvalue weighted by molar-refractivity contribution is 0.0521. The number of nitrogens with one attached hydrogen (secondary N) is 1. The third-order valence-electron chi connectivity index (χ3n) is 5.09. The van der Waals surface area contributed by atoms with Gasteiger partial charge in [-0.2, -0.15) is 0 Å². The molecule has 1 aliphatic rings.